The number of rotatable bonds is 4. The number of halogens is 5. The van der Waals surface area contributed by atoms with Crippen LogP contribution in [0.15, 0.2) is 36.5 Å². The minimum atomic E-state index is -4.56. The molecule has 2 nitrogen and oxygen atoms in total. The Bertz CT molecular complexity index is 700. The van der Waals surface area contributed by atoms with Crippen LogP contribution in [-0.2, 0) is 6.18 Å². The van der Waals surface area contributed by atoms with Crippen LogP contribution in [0, 0.1) is 11.7 Å². The lowest BCUT2D eigenvalue weighted by molar-refractivity contribution is -0.137. The molecule has 2 atom stereocenters. The number of anilines is 1. The molecule has 2 unspecified atom stereocenters. The molecule has 2 aromatic rings. The third-order valence-corrected chi connectivity index (χ3v) is 4.25. The predicted molar refractivity (Wildman–Crippen MR) is 80.0 cm³/mol. The SMILES string of the molecule is Fc1ccc(C2CC2CNc2ccnc(Cl)c2C(F)(F)F)cc1. The van der Waals surface area contributed by atoms with Gasteiger partial charge in [-0.25, -0.2) is 9.37 Å². The highest BCUT2D eigenvalue weighted by molar-refractivity contribution is 6.30. The Labute approximate surface area is 135 Å². The van der Waals surface area contributed by atoms with E-state index in [2.05, 4.69) is 10.3 Å². The molecule has 0 bridgehead atoms. The third-order valence-electron chi connectivity index (χ3n) is 3.96. The summed E-state index contributed by atoms with van der Waals surface area (Å²) in [5.41, 5.74) is -0.00934. The summed E-state index contributed by atoms with van der Waals surface area (Å²) >= 11 is 5.58. The van der Waals surface area contributed by atoms with E-state index in [1.165, 1.54) is 24.4 Å². The molecule has 23 heavy (non-hydrogen) atoms. The van der Waals surface area contributed by atoms with Gasteiger partial charge in [0, 0.05) is 12.7 Å². The number of nitrogens with one attached hydrogen (secondary N) is 1. The van der Waals surface area contributed by atoms with Gasteiger partial charge in [0.15, 0.2) is 0 Å². The van der Waals surface area contributed by atoms with Crippen molar-refractivity contribution in [1.29, 1.82) is 0 Å². The topological polar surface area (TPSA) is 24.9 Å². The molecule has 1 fully saturated rings. The molecule has 0 saturated heterocycles. The third kappa shape index (κ3) is 3.58. The van der Waals surface area contributed by atoms with Crippen molar-refractivity contribution < 1.29 is 17.6 Å². The molecule has 0 amide bonds. The molecule has 3 rings (SSSR count). The van der Waals surface area contributed by atoms with Gasteiger partial charge in [0.25, 0.3) is 0 Å². The van der Waals surface area contributed by atoms with E-state index < -0.39 is 16.9 Å². The molecular formula is C16H13ClF4N2. The predicted octanol–water partition coefficient (Wildman–Crippen LogP) is 5.11. The Morgan fingerprint density at radius 1 is 1.17 bits per heavy atom. The van der Waals surface area contributed by atoms with Crippen LogP contribution in [0.5, 0.6) is 0 Å². The second-order valence-electron chi connectivity index (χ2n) is 5.56. The van der Waals surface area contributed by atoms with E-state index in [9.17, 15) is 17.6 Å². The summed E-state index contributed by atoms with van der Waals surface area (Å²) in [5.74, 6) is 0.161. The van der Waals surface area contributed by atoms with Gasteiger partial charge < -0.3 is 5.32 Å². The Morgan fingerprint density at radius 2 is 1.87 bits per heavy atom. The van der Waals surface area contributed by atoms with Gasteiger partial charge in [0.2, 0.25) is 0 Å². The average Bonchev–Trinajstić information content (AvgIpc) is 3.24. The van der Waals surface area contributed by atoms with Crippen molar-refractivity contribution in [3.8, 4) is 0 Å². The first kappa shape index (κ1) is 16.1. The number of pyridine rings is 1. The summed E-state index contributed by atoms with van der Waals surface area (Å²) in [6.07, 6.45) is -2.46. The lowest BCUT2D eigenvalue weighted by Crippen LogP contribution is -2.14. The standard InChI is InChI=1S/C16H13ClF4N2/c17-15-14(16(19,20)21)13(5-6-22-15)23-8-10-7-12(10)9-1-3-11(18)4-2-9/h1-6,10,12H,7-8H2,(H,22,23). The summed E-state index contributed by atoms with van der Waals surface area (Å²) in [6, 6.07) is 7.48. The van der Waals surface area contributed by atoms with Crippen molar-refractivity contribution in [2.24, 2.45) is 5.92 Å². The number of benzene rings is 1. The highest BCUT2D eigenvalue weighted by Crippen LogP contribution is 2.48. The minimum Gasteiger partial charge on any atom is -0.384 e. The van der Waals surface area contributed by atoms with Crippen molar-refractivity contribution in [3.63, 3.8) is 0 Å². The molecule has 1 aromatic heterocycles. The lowest BCUT2D eigenvalue weighted by Gasteiger charge is -2.15. The monoisotopic (exact) mass is 344 g/mol. The summed E-state index contributed by atoms with van der Waals surface area (Å²) < 4.78 is 52.0. The molecule has 1 heterocycles. The van der Waals surface area contributed by atoms with Crippen molar-refractivity contribution in [2.45, 2.75) is 18.5 Å². The van der Waals surface area contributed by atoms with Crippen LogP contribution < -0.4 is 5.32 Å². The highest BCUT2D eigenvalue weighted by atomic mass is 35.5. The molecular weight excluding hydrogens is 332 g/mol. The van der Waals surface area contributed by atoms with Crippen LogP contribution in [0.1, 0.15) is 23.5 Å². The van der Waals surface area contributed by atoms with Crippen LogP contribution in [0.2, 0.25) is 5.15 Å². The second-order valence-corrected chi connectivity index (χ2v) is 5.91. The molecule has 122 valence electrons. The summed E-state index contributed by atoms with van der Waals surface area (Å²) in [5, 5.41) is 2.25. The van der Waals surface area contributed by atoms with E-state index in [1.54, 1.807) is 12.1 Å². The van der Waals surface area contributed by atoms with E-state index in [4.69, 9.17) is 11.6 Å². The van der Waals surface area contributed by atoms with Crippen molar-refractivity contribution in [1.82, 2.24) is 4.98 Å². The maximum Gasteiger partial charge on any atom is 0.421 e. The Balaban J connectivity index is 1.67. The molecule has 1 aliphatic rings. The zero-order valence-electron chi connectivity index (χ0n) is 11.9. The zero-order valence-corrected chi connectivity index (χ0v) is 12.6. The minimum absolute atomic E-state index is 0.0674. The van der Waals surface area contributed by atoms with E-state index in [0.717, 1.165) is 12.0 Å². The molecule has 1 aliphatic carbocycles. The summed E-state index contributed by atoms with van der Waals surface area (Å²) in [6.45, 7) is 0.394. The smallest absolute Gasteiger partial charge is 0.384 e. The van der Waals surface area contributed by atoms with E-state index in [0.29, 0.717) is 6.54 Å². The molecule has 0 spiro atoms. The molecule has 1 saturated carbocycles. The van der Waals surface area contributed by atoms with Gasteiger partial charge in [-0.1, -0.05) is 23.7 Å². The van der Waals surface area contributed by atoms with Crippen molar-refractivity contribution in [2.75, 3.05) is 11.9 Å². The molecule has 7 heteroatoms. The zero-order chi connectivity index (χ0) is 16.6. The number of alkyl halides is 3. The molecule has 0 radical (unpaired) electrons. The van der Waals surface area contributed by atoms with Gasteiger partial charge >= 0.3 is 6.18 Å². The maximum absolute atomic E-state index is 13.0. The van der Waals surface area contributed by atoms with Crippen LogP contribution >= 0.6 is 11.6 Å². The number of hydrogen-bond donors (Lipinski definition) is 1. The van der Waals surface area contributed by atoms with Crippen LogP contribution in [0.3, 0.4) is 0 Å². The Morgan fingerprint density at radius 3 is 2.52 bits per heavy atom. The first-order valence-corrected chi connectivity index (χ1v) is 7.45. The number of aromatic nitrogens is 1. The molecule has 0 aliphatic heterocycles. The second kappa shape index (κ2) is 6.00. The fourth-order valence-electron chi connectivity index (χ4n) is 2.69. The first-order chi connectivity index (χ1) is 10.9. The normalized spacial score (nSPS) is 20.4. The first-order valence-electron chi connectivity index (χ1n) is 7.07. The van der Waals surface area contributed by atoms with Gasteiger partial charge in [-0.3, -0.25) is 0 Å². The molecule has 1 N–H and O–H groups in total. The Hall–Kier alpha value is -1.82. The largest absolute Gasteiger partial charge is 0.421 e. The summed E-state index contributed by atoms with van der Waals surface area (Å²) in [4.78, 5) is 3.49. The highest BCUT2D eigenvalue weighted by Gasteiger charge is 2.40. The van der Waals surface area contributed by atoms with Gasteiger partial charge in [-0.2, -0.15) is 13.2 Å². The van der Waals surface area contributed by atoms with E-state index in [-0.39, 0.29) is 23.3 Å². The van der Waals surface area contributed by atoms with Crippen LogP contribution in [0.4, 0.5) is 23.2 Å². The van der Waals surface area contributed by atoms with Crippen LogP contribution in [-0.4, -0.2) is 11.5 Å². The Kier molecular flexibility index (Phi) is 4.19. The quantitative estimate of drug-likeness (QED) is 0.616. The molecule has 1 aromatic carbocycles. The number of nitrogens with zero attached hydrogens (tertiary/aromatic N) is 1. The van der Waals surface area contributed by atoms with Gasteiger partial charge in [-0.15, -0.1) is 0 Å². The van der Waals surface area contributed by atoms with Crippen molar-refractivity contribution >= 4 is 17.3 Å². The van der Waals surface area contributed by atoms with Crippen molar-refractivity contribution in [3.05, 3.63) is 58.6 Å². The number of hydrogen-bond acceptors (Lipinski definition) is 2. The van der Waals surface area contributed by atoms with Gasteiger partial charge in [0.1, 0.15) is 16.5 Å². The maximum atomic E-state index is 13.0. The lowest BCUT2D eigenvalue weighted by atomic mass is 10.1. The fourth-order valence-corrected chi connectivity index (χ4v) is 2.95. The van der Waals surface area contributed by atoms with E-state index in [1.807, 2.05) is 0 Å². The van der Waals surface area contributed by atoms with Gasteiger partial charge in [-0.05, 0) is 42.0 Å². The summed E-state index contributed by atoms with van der Waals surface area (Å²) in [7, 11) is 0. The average molecular weight is 345 g/mol. The van der Waals surface area contributed by atoms with E-state index >= 15 is 0 Å². The van der Waals surface area contributed by atoms with Crippen LogP contribution in [0.25, 0.3) is 0 Å². The van der Waals surface area contributed by atoms with Gasteiger partial charge in [0.05, 0.1) is 5.69 Å². The fraction of sp³-hybridized carbons (Fsp3) is 0.312.